The van der Waals surface area contributed by atoms with E-state index in [1.165, 1.54) is 4.68 Å². The zero-order chi connectivity index (χ0) is 20.5. The smallest absolute Gasteiger partial charge is 0.321 e. The number of aromatic nitrogens is 4. The molecule has 0 radical (unpaired) electrons. The van der Waals surface area contributed by atoms with Crippen LogP contribution in [0.1, 0.15) is 47.5 Å². The van der Waals surface area contributed by atoms with Crippen LogP contribution in [0.3, 0.4) is 0 Å². The maximum absolute atomic E-state index is 13.4. The number of pyridine rings is 1. The lowest BCUT2D eigenvalue weighted by atomic mass is 10.0. The minimum atomic E-state index is -0.430. The number of nitrogens with zero attached hydrogens (tertiary/aromatic N) is 5. The van der Waals surface area contributed by atoms with Gasteiger partial charge in [-0.2, -0.15) is 5.10 Å². The maximum atomic E-state index is 13.4. The van der Waals surface area contributed by atoms with Crippen molar-refractivity contribution >= 4 is 5.91 Å². The molecule has 4 rings (SSSR count). The fraction of sp³-hybridized carbons (Fsp3) is 0.364. The number of aryl methyl sites for hydroxylation is 1. The van der Waals surface area contributed by atoms with Crippen LogP contribution >= 0.6 is 0 Å². The summed E-state index contributed by atoms with van der Waals surface area (Å²) in [5, 5.41) is 4.64. The maximum Gasteiger partial charge on any atom is 0.346 e. The fourth-order valence-electron chi connectivity index (χ4n) is 3.80. The molecular weight excluding hydrogens is 366 g/mol. The number of carbonyl (C=O) groups excluding carboxylic acids is 1. The van der Waals surface area contributed by atoms with Crippen LogP contribution in [-0.4, -0.2) is 36.7 Å². The summed E-state index contributed by atoms with van der Waals surface area (Å²) in [6, 6.07) is 14.8. The van der Waals surface area contributed by atoms with Gasteiger partial charge in [-0.05, 0) is 30.5 Å². The van der Waals surface area contributed by atoms with E-state index in [4.69, 9.17) is 0 Å². The van der Waals surface area contributed by atoms with Gasteiger partial charge >= 0.3 is 5.69 Å². The van der Waals surface area contributed by atoms with Gasteiger partial charge in [0.2, 0.25) is 0 Å². The first kappa shape index (κ1) is 19.1. The third-order valence-corrected chi connectivity index (χ3v) is 5.09. The Morgan fingerprint density at radius 1 is 1.10 bits per heavy atom. The standard InChI is InChI=1S/C22H25N5O2/c1-15(2)14-27-22(29)26-13-12-25(21(28)18-11-7-8-16(3)23-18)19(20(26)24-27)17-9-5-4-6-10-17/h4-11,15,19H,12-14H2,1-3H3/t19-/m1/s1. The molecule has 1 amide bonds. The average molecular weight is 391 g/mol. The zero-order valence-corrected chi connectivity index (χ0v) is 16.9. The molecule has 1 aromatic carbocycles. The van der Waals surface area contributed by atoms with E-state index in [1.807, 2.05) is 49.4 Å². The third kappa shape index (κ3) is 3.60. The molecular formula is C22H25N5O2. The van der Waals surface area contributed by atoms with Crippen molar-refractivity contribution in [2.24, 2.45) is 5.92 Å². The van der Waals surface area contributed by atoms with E-state index in [0.717, 1.165) is 11.3 Å². The van der Waals surface area contributed by atoms with E-state index in [1.54, 1.807) is 15.5 Å². The van der Waals surface area contributed by atoms with Crippen LogP contribution in [-0.2, 0) is 13.1 Å². The molecule has 3 heterocycles. The topological polar surface area (TPSA) is 73.0 Å². The summed E-state index contributed by atoms with van der Waals surface area (Å²) in [6.07, 6.45) is 0. The first-order valence-electron chi connectivity index (χ1n) is 9.93. The summed E-state index contributed by atoms with van der Waals surface area (Å²) in [4.78, 5) is 32.4. The highest BCUT2D eigenvalue weighted by atomic mass is 16.2. The average Bonchev–Trinajstić information content (AvgIpc) is 3.02. The predicted octanol–water partition coefficient (Wildman–Crippen LogP) is 2.65. The second-order valence-electron chi connectivity index (χ2n) is 7.84. The largest absolute Gasteiger partial charge is 0.346 e. The lowest BCUT2D eigenvalue weighted by molar-refractivity contribution is 0.0650. The molecule has 3 aromatic rings. The van der Waals surface area contributed by atoms with Crippen molar-refractivity contribution in [3.63, 3.8) is 0 Å². The summed E-state index contributed by atoms with van der Waals surface area (Å²) in [5.74, 6) is 0.753. The molecule has 0 unspecified atom stereocenters. The van der Waals surface area contributed by atoms with Gasteiger partial charge in [0, 0.05) is 25.3 Å². The Labute approximate surface area is 169 Å². The predicted molar refractivity (Wildman–Crippen MR) is 110 cm³/mol. The number of benzene rings is 1. The third-order valence-electron chi connectivity index (χ3n) is 5.09. The summed E-state index contributed by atoms with van der Waals surface area (Å²) < 4.78 is 3.22. The minimum absolute atomic E-state index is 0.115. The van der Waals surface area contributed by atoms with Crippen molar-refractivity contribution < 1.29 is 4.79 Å². The Hall–Kier alpha value is -3.22. The number of fused-ring (bicyclic) bond motifs is 1. The van der Waals surface area contributed by atoms with E-state index in [2.05, 4.69) is 23.9 Å². The van der Waals surface area contributed by atoms with Gasteiger partial charge in [-0.3, -0.25) is 9.36 Å². The van der Waals surface area contributed by atoms with Crippen molar-refractivity contribution in [1.29, 1.82) is 0 Å². The monoisotopic (exact) mass is 391 g/mol. The zero-order valence-electron chi connectivity index (χ0n) is 16.9. The molecule has 7 nitrogen and oxygen atoms in total. The number of rotatable bonds is 4. The Balaban J connectivity index is 1.81. The fourth-order valence-corrected chi connectivity index (χ4v) is 3.80. The molecule has 0 aliphatic carbocycles. The van der Waals surface area contributed by atoms with E-state index in [0.29, 0.717) is 37.1 Å². The molecule has 2 aromatic heterocycles. The Kier molecular flexibility index (Phi) is 5.05. The number of hydrogen-bond donors (Lipinski definition) is 0. The molecule has 1 aliphatic rings. The SMILES string of the molecule is Cc1cccc(C(=O)N2CCn3c(nn(CC(C)C)c3=O)[C@H]2c2ccccc2)n1. The van der Waals surface area contributed by atoms with Crippen LogP contribution < -0.4 is 5.69 Å². The van der Waals surface area contributed by atoms with Gasteiger partial charge in [0.15, 0.2) is 5.82 Å². The van der Waals surface area contributed by atoms with Gasteiger partial charge in [-0.1, -0.05) is 50.2 Å². The molecule has 150 valence electrons. The van der Waals surface area contributed by atoms with Gasteiger partial charge in [0.25, 0.3) is 5.91 Å². The molecule has 1 aliphatic heterocycles. The number of amides is 1. The Morgan fingerprint density at radius 2 is 1.86 bits per heavy atom. The van der Waals surface area contributed by atoms with E-state index >= 15 is 0 Å². The summed E-state index contributed by atoms with van der Waals surface area (Å²) in [5.41, 5.74) is 2.01. The van der Waals surface area contributed by atoms with Gasteiger partial charge < -0.3 is 4.90 Å². The highest BCUT2D eigenvalue weighted by Gasteiger charge is 2.36. The molecule has 0 saturated carbocycles. The van der Waals surface area contributed by atoms with Crippen molar-refractivity contribution in [2.75, 3.05) is 6.54 Å². The molecule has 0 fully saturated rings. The number of hydrogen-bond acceptors (Lipinski definition) is 4. The van der Waals surface area contributed by atoms with Gasteiger partial charge in [0.05, 0.1) is 0 Å². The van der Waals surface area contributed by atoms with Crippen molar-refractivity contribution in [2.45, 2.75) is 39.9 Å². The van der Waals surface area contributed by atoms with Crippen LogP contribution in [0.5, 0.6) is 0 Å². The van der Waals surface area contributed by atoms with Crippen molar-refractivity contribution in [1.82, 2.24) is 24.2 Å². The van der Waals surface area contributed by atoms with Crippen molar-refractivity contribution in [3.05, 3.63) is 81.8 Å². The lowest BCUT2D eigenvalue weighted by Crippen LogP contribution is -2.45. The second kappa shape index (κ2) is 7.66. The van der Waals surface area contributed by atoms with Crippen LogP contribution in [0.2, 0.25) is 0 Å². The normalized spacial score (nSPS) is 16.1. The molecule has 0 N–H and O–H groups in total. The molecule has 0 saturated heterocycles. The van der Waals surface area contributed by atoms with Crippen LogP contribution in [0.4, 0.5) is 0 Å². The van der Waals surface area contributed by atoms with Crippen LogP contribution in [0.15, 0.2) is 53.3 Å². The van der Waals surface area contributed by atoms with Gasteiger partial charge in [-0.15, -0.1) is 0 Å². The molecule has 7 heteroatoms. The summed E-state index contributed by atoms with van der Waals surface area (Å²) >= 11 is 0. The minimum Gasteiger partial charge on any atom is -0.321 e. The number of carbonyl (C=O) groups is 1. The van der Waals surface area contributed by atoms with Gasteiger partial charge in [-0.25, -0.2) is 14.5 Å². The Bertz CT molecular complexity index is 1080. The summed E-state index contributed by atoms with van der Waals surface area (Å²) in [7, 11) is 0. The highest BCUT2D eigenvalue weighted by Crippen LogP contribution is 2.31. The van der Waals surface area contributed by atoms with Crippen LogP contribution in [0.25, 0.3) is 0 Å². The Morgan fingerprint density at radius 3 is 2.55 bits per heavy atom. The van der Waals surface area contributed by atoms with E-state index in [-0.39, 0.29) is 11.6 Å². The first-order chi connectivity index (χ1) is 14.0. The summed E-state index contributed by atoms with van der Waals surface area (Å²) in [6.45, 7) is 7.37. The van der Waals surface area contributed by atoms with Gasteiger partial charge in [0.1, 0.15) is 11.7 Å². The highest BCUT2D eigenvalue weighted by molar-refractivity contribution is 5.93. The molecule has 0 bridgehead atoms. The first-order valence-corrected chi connectivity index (χ1v) is 9.93. The molecule has 29 heavy (non-hydrogen) atoms. The van der Waals surface area contributed by atoms with E-state index < -0.39 is 6.04 Å². The van der Waals surface area contributed by atoms with Crippen LogP contribution in [0, 0.1) is 12.8 Å². The van der Waals surface area contributed by atoms with E-state index in [9.17, 15) is 9.59 Å². The lowest BCUT2D eigenvalue weighted by Gasteiger charge is -2.35. The quantitative estimate of drug-likeness (QED) is 0.685. The molecule has 1 atom stereocenters. The molecule has 0 spiro atoms. The second-order valence-corrected chi connectivity index (χ2v) is 7.84. The van der Waals surface area contributed by atoms with Crippen molar-refractivity contribution in [3.8, 4) is 0 Å².